The molecule has 0 spiro atoms. The Bertz CT molecular complexity index is 1220. The maximum atomic E-state index is 11.8. The van der Waals surface area contributed by atoms with Crippen molar-refractivity contribution in [3.05, 3.63) is 54.5 Å². The summed E-state index contributed by atoms with van der Waals surface area (Å²) in [6.07, 6.45) is 3.49. The summed E-state index contributed by atoms with van der Waals surface area (Å²) in [6, 6.07) is 12.5. The highest BCUT2D eigenvalue weighted by Gasteiger charge is 2.29. The third-order valence-electron chi connectivity index (χ3n) is 5.79. The second kappa shape index (κ2) is 11.7. The minimum atomic E-state index is -1.19. The molecule has 0 saturated carbocycles. The second-order valence-electron chi connectivity index (χ2n) is 10.8. The number of nitrogens with two attached hydrogens (primary N) is 1. The first-order chi connectivity index (χ1) is 17.4. The monoisotopic (exact) mass is 523 g/mol. The number of aromatic nitrogens is 3. The Hall–Kier alpha value is -3.50. The lowest BCUT2D eigenvalue weighted by Gasteiger charge is -2.21. The van der Waals surface area contributed by atoms with Gasteiger partial charge in [0.1, 0.15) is 36.4 Å². The van der Waals surface area contributed by atoms with Gasteiger partial charge >= 0.3 is 5.97 Å². The minimum absolute atomic E-state index is 0.0936. The van der Waals surface area contributed by atoms with Gasteiger partial charge in [-0.2, -0.15) is 0 Å². The largest absolute Gasteiger partial charge is 0.492 e. The van der Waals surface area contributed by atoms with Crippen LogP contribution in [-0.4, -0.2) is 54.7 Å². The molecule has 0 fully saturated rings. The minimum Gasteiger partial charge on any atom is -0.492 e. The number of hydrogen-bond acceptors (Lipinski definition) is 7. The van der Waals surface area contributed by atoms with E-state index in [9.17, 15) is 4.79 Å². The maximum absolute atomic E-state index is 11.8. The van der Waals surface area contributed by atoms with Crippen molar-refractivity contribution in [3.8, 4) is 28.4 Å². The van der Waals surface area contributed by atoms with Crippen molar-refractivity contribution >= 4 is 19.9 Å². The van der Waals surface area contributed by atoms with Gasteiger partial charge in [0.05, 0.1) is 18.2 Å². The lowest BCUT2D eigenvalue weighted by molar-refractivity contribution is -0.152. The first kappa shape index (κ1) is 28.1. The summed E-state index contributed by atoms with van der Waals surface area (Å²) in [4.78, 5) is 21.0. The quantitative estimate of drug-likeness (QED) is 0.115. The van der Waals surface area contributed by atoms with Crippen LogP contribution in [0.4, 0.5) is 0 Å². The van der Waals surface area contributed by atoms with E-state index in [-0.39, 0.29) is 18.4 Å². The van der Waals surface area contributed by atoms with Crippen LogP contribution in [0.3, 0.4) is 0 Å². The third kappa shape index (κ3) is 7.74. The van der Waals surface area contributed by atoms with Crippen molar-refractivity contribution in [1.29, 1.82) is 5.41 Å². The van der Waals surface area contributed by atoms with Crippen molar-refractivity contribution in [3.63, 3.8) is 0 Å². The normalized spacial score (nSPS) is 11.8. The fraction of sp³-hybridized carbons (Fsp3) is 0.407. The van der Waals surface area contributed by atoms with Gasteiger partial charge in [-0.05, 0) is 56.3 Å². The predicted molar refractivity (Wildman–Crippen MR) is 147 cm³/mol. The molecule has 0 aliphatic rings. The zero-order valence-corrected chi connectivity index (χ0v) is 23.5. The molecule has 3 N–H and O–H groups in total. The highest BCUT2D eigenvalue weighted by atomic mass is 28.3. The summed E-state index contributed by atoms with van der Waals surface area (Å²) in [5, 5.41) is 7.78. The van der Waals surface area contributed by atoms with E-state index in [1.165, 1.54) is 7.11 Å². The molecule has 10 heteroatoms. The van der Waals surface area contributed by atoms with Crippen molar-refractivity contribution in [1.82, 2.24) is 14.5 Å². The van der Waals surface area contributed by atoms with Gasteiger partial charge in [0.15, 0.2) is 0 Å². The Morgan fingerprint density at radius 1 is 1.11 bits per heavy atom. The number of hydrogen-bond donors (Lipinski definition) is 2. The Labute approximate surface area is 219 Å². The number of ether oxygens (including phenoxy) is 3. The van der Waals surface area contributed by atoms with E-state index in [4.69, 9.17) is 25.4 Å². The van der Waals surface area contributed by atoms with Crippen LogP contribution < -0.4 is 10.5 Å². The van der Waals surface area contributed by atoms with Crippen LogP contribution in [-0.2, 0) is 21.0 Å². The molecule has 0 bridgehead atoms. The molecular formula is C27H37N5O4Si. The average Bonchev–Trinajstić information content (AvgIpc) is 3.29. The number of carbonyl (C=O) groups excluding carboxylic acids is 1. The third-order valence-corrected chi connectivity index (χ3v) is 7.49. The number of esters is 1. The van der Waals surface area contributed by atoms with Crippen LogP contribution in [0.25, 0.3) is 22.6 Å². The number of amidine groups is 1. The molecule has 0 unspecified atom stereocenters. The van der Waals surface area contributed by atoms with Gasteiger partial charge in [-0.3, -0.25) is 15.2 Å². The van der Waals surface area contributed by atoms with Crippen molar-refractivity contribution < 1.29 is 19.0 Å². The number of pyridine rings is 1. The summed E-state index contributed by atoms with van der Waals surface area (Å²) in [7, 11) is 0.183. The van der Waals surface area contributed by atoms with Crippen LogP contribution in [0, 0.1) is 10.8 Å². The van der Waals surface area contributed by atoms with Crippen LogP contribution in [0.1, 0.15) is 19.5 Å². The number of rotatable bonds is 12. The summed E-state index contributed by atoms with van der Waals surface area (Å²) >= 11 is 0. The lowest BCUT2D eigenvalue weighted by atomic mass is 9.95. The predicted octanol–water partition coefficient (Wildman–Crippen LogP) is 4.79. The van der Waals surface area contributed by atoms with Gasteiger partial charge in [0, 0.05) is 38.2 Å². The van der Waals surface area contributed by atoms with Gasteiger partial charge in [-0.25, -0.2) is 4.98 Å². The molecule has 0 amide bonds. The number of methoxy groups -OCH3 is 1. The van der Waals surface area contributed by atoms with Crippen molar-refractivity contribution in [2.24, 2.45) is 11.1 Å². The highest BCUT2D eigenvalue weighted by molar-refractivity contribution is 6.76. The number of nitrogens with zero attached hydrogens (tertiary/aromatic N) is 3. The second-order valence-corrected chi connectivity index (χ2v) is 16.4. The fourth-order valence-electron chi connectivity index (χ4n) is 3.43. The summed E-state index contributed by atoms with van der Waals surface area (Å²) in [6.45, 7) is 11.7. The molecule has 0 aliphatic carbocycles. The van der Waals surface area contributed by atoms with Crippen LogP contribution in [0.15, 0.2) is 48.8 Å². The van der Waals surface area contributed by atoms with Crippen LogP contribution >= 0.6 is 0 Å². The molecule has 0 aliphatic heterocycles. The Morgan fingerprint density at radius 2 is 1.78 bits per heavy atom. The molecule has 0 atom stereocenters. The van der Waals surface area contributed by atoms with E-state index < -0.39 is 13.5 Å². The van der Waals surface area contributed by atoms with Gasteiger partial charge in [-0.1, -0.05) is 19.6 Å². The first-order valence-corrected chi connectivity index (χ1v) is 15.9. The molecule has 9 nitrogen and oxygen atoms in total. The molecule has 198 valence electrons. The number of nitrogens with one attached hydrogen (secondary N) is 1. The highest BCUT2D eigenvalue weighted by Crippen LogP contribution is 2.26. The maximum Gasteiger partial charge on any atom is 0.314 e. The van der Waals surface area contributed by atoms with E-state index in [0.717, 1.165) is 22.9 Å². The number of nitrogen functional groups attached to an aromatic ring is 1. The molecule has 0 radical (unpaired) electrons. The van der Waals surface area contributed by atoms with Crippen molar-refractivity contribution in [2.75, 3.05) is 20.3 Å². The zero-order chi connectivity index (χ0) is 27.2. The van der Waals surface area contributed by atoms with E-state index in [1.807, 2.05) is 41.0 Å². The number of imidazole rings is 1. The van der Waals surface area contributed by atoms with E-state index in [1.54, 1.807) is 26.2 Å². The topological polar surface area (TPSA) is 125 Å². The first-order valence-electron chi connectivity index (χ1n) is 12.2. The van der Waals surface area contributed by atoms with E-state index in [0.29, 0.717) is 30.6 Å². The zero-order valence-electron chi connectivity index (χ0n) is 22.5. The molecule has 3 rings (SSSR count). The standard InChI is InChI=1S/C27H37N5O4Si/c1-27(2,26(33)34-3)17-36-21-10-7-19(8-11-21)22-12-9-20(15-30-22)25-31-23(24(28)29)16-32(25)18-35-13-14-37(4,5)6/h7-12,15-16H,13-14,17-18H2,1-6H3,(H3,28,29). The van der Waals surface area contributed by atoms with E-state index >= 15 is 0 Å². The SMILES string of the molecule is COC(=O)C(C)(C)COc1ccc(-c2ccc(-c3nc(C(=N)N)cn3COCC[Si](C)(C)C)cn2)cc1. The Kier molecular flexibility index (Phi) is 8.88. The van der Waals surface area contributed by atoms with Gasteiger partial charge in [0.25, 0.3) is 0 Å². The van der Waals surface area contributed by atoms with Gasteiger partial charge in [-0.15, -0.1) is 0 Å². The fourth-order valence-corrected chi connectivity index (χ4v) is 4.19. The molecule has 2 aromatic heterocycles. The average molecular weight is 524 g/mol. The summed E-state index contributed by atoms with van der Waals surface area (Å²) in [5.74, 6) is 0.894. The smallest absolute Gasteiger partial charge is 0.314 e. The van der Waals surface area contributed by atoms with Gasteiger partial charge in [0.2, 0.25) is 0 Å². The van der Waals surface area contributed by atoms with Gasteiger partial charge < -0.3 is 24.5 Å². The van der Waals surface area contributed by atoms with Crippen molar-refractivity contribution in [2.45, 2.75) is 46.3 Å². The van der Waals surface area contributed by atoms with Crippen LogP contribution in [0.2, 0.25) is 25.7 Å². The summed E-state index contributed by atoms with van der Waals surface area (Å²) in [5.41, 5.74) is 7.87. The Balaban J connectivity index is 1.71. The molecule has 2 heterocycles. The lowest BCUT2D eigenvalue weighted by Crippen LogP contribution is -2.32. The van der Waals surface area contributed by atoms with E-state index in [2.05, 4.69) is 29.6 Å². The molecule has 37 heavy (non-hydrogen) atoms. The molecular weight excluding hydrogens is 486 g/mol. The molecule has 0 saturated heterocycles. The Morgan fingerprint density at radius 3 is 2.35 bits per heavy atom. The van der Waals surface area contributed by atoms with Crippen LogP contribution in [0.5, 0.6) is 5.75 Å². The molecule has 3 aromatic rings. The number of benzene rings is 1. The molecule has 1 aromatic carbocycles. The number of carbonyl (C=O) groups is 1. The summed E-state index contributed by atoms with van der Waals surface area (Å²) < 4.78 is 18.4.